The van der Waals surface area contributed by atoms with Gasteiger partial charge in [0.1, 0.15) is 0 Å². The van der Waals surface area contributed by atoms with Gasteiger partial charge in [-0.2, -0.15) is 0 Å². The third-order valence-electron chi connectivity index (χ3n) is 10.2. The highest BCUT2D eigenvalue weighted by Crippen LogP contribution is 2.66. The fourth-order valence-electron chi connectivity index (χ4n) is 8.14. The summed E-state index contributed by atoms with van der Waals surface area (Å²) >= 11 is 0. The van der Waals surface area contributed by atoms with Crippen molar-refractivity contribution in [3.05, 3.63) is 11.6 Å². The van der Waals surface area contributed by atoms with Crippen LogP contribution in [0.5, 0.6) is 0 Å². The fourth-order valence-corrected chi connectivity index (χ4v) is 8.14. The molecule has 4 rings (SSSR count). The van der Waals surface area contributed by atoms with Crippen molar-refractivity contribution in [1.82, 2.24) is 0 Å². The van der Waals surface area contributed by atoms with Gasteiger partial charge in [-0.05, 0) is 98.2 Å². The zero-order chi connectivity index (χ0) is 19.2. The molecule has 1 heteroatoms. The van der Waals surface area contributed by atoms with Gasteiger partial charge in [0.05, 0.1) is 6.10 Å². The lowest BCUT2D eigenvalue weighted by atomic mass is 9.47. The molecule has 0 spiro atoms. The van der Waals surface area contributed by atoms with Gasteiger partial charge >= 0.3 is 0 Å². The van der Waals surface area contributed by atoms with Crippen molar-refractivity contribution in [3.8, 4) is 0 Å². The molecule has 0 aromatic rings. The molecule has 0 saturated heterocycles. The highest BCUT2D eigenvalue weighted by Gasteiger charge is 2.58. The third-order valence-corrected chi connectivity index (χ3v) is 10.2. The summed E-state index contributed by atoms with van der Waals surface area (Å²) in [6, 6.07) is 0. The molecule has 1 N–H and O–H groups in total. The maximum atomic E-state index is 10.2. The minimum absolute atomic E-state index is 0.0731. The van der Waals surface area contributed by atoms with Gasteiger partial charge in [-0.3, -0.25) is 0 Å². The van der Waals surface area contributed by atoms with Gasteiger partial charge in [0.15, 0.2) is 0 Å². The van der Waals surface area contributed by atoms with E-state index in [1.807, 2.05) is 0 Å². The number of hydrogen-bond donors (Lipinski definition) is 1. The first-order valence-electron chi connectivity index (χ1n) is 12.3. The van der Waals surface area contributed by atoms with Crippen molar-refractivity contribution in [2.75, 3.05) is 0 Å². The highest BCUT2D eigenvalue weighted by atomic mass is 16.3. The lowest BCUT2D eigenvalue weighted by Gasteiger charge is -2.58. The largest absolute Gasteiger partial charge is 0.393 e. The summed E-state index contributed by atoms with van der Waals surface area (Å²) in [7, 11) is 0. The highest BCUT2D eigenvalue weighted by molar-refractivity contribution is 5.25. The Morgan fingerprint density at radius 1 is 1.11 bits per heavy atom. The first kappa shape index (κ1) is 20.0. The molecule has 4 aliphatic rings. The second-order valence-corrected chi connectivity index (χ2v) is 11.4. The maximum absolute atomic E-state index is 10.2. The third kappa shape index (κ3) is 3.34. The van der Waals surface area contributed by atoms with E-state index in [0.717, 1.165) is 42.4 Å². The van der Waals surface area contributed by atoms with Crippen LogP contribution in [0.25, 0.3) is 0 Å². The van der Waals surface area contributed by atoms with Gasteiger partial charge in [0.25, 0.3) is 0 Å². The van der Waals surface area contributed by atoms with Gasteiger partial charge in [-0.15, -0.1) is 0 Å². The van der Waals surface area contributed by atoms with Crippen LogP contribution in [0.15, 0.2) is 11.6 Å². The molecule has 0 amide bonds. The molecule has 8 atom stereocenters. The van der Waals surface area contributed by atoms with Crippen molar-refractivity contribution in [2.24, 2.45) is 40.4 Å². The predicted molar refractivity (Wildman–Crippen MR) is 115 cm³/mol. The fraction of sp³-hybridized carbons (Fsp3) is 0.923. The standard InChI is InChI=1S/C26H44O/c1-5-18(2)7-6-8-19-10-12-23-22-11-9-20-17-21(27)13-15-26(20,4)24(22)14-16-25(19,23)3/h9,18-19,21-24,27H,5-8,10-17H2,1-4H3/t18-,19?,21?,22-,23?,24?,25?,26?/m0/s1. The number of aliphatic hydroxyl groups is 1. The van der Waals surface area contributed by atoms with Crippen LogP contribution < -0.4 is 0 Å². The van der Waals surface area contributed by atoms with Gasteiger partial charge in [-0.25, -0.2) is 0 Å². The Hall–Kier alpha value is -0.300. The molecule has 0 aromatic heterocycles. The smallest absolute Gasteiger partial charge is 0.0577 e. The minimum atomic E-state index is -0.0731. The average molecular weight is 373 g/mol. The van der Waals surface area contributed by atoms with Crippen LogP contribution in [0.2, 0.25) is 0 Å². The molecule has 3 fully saturated rings. The van der Waals surface area contributed by atoms with Crippen LogP contribution >= 0.6 is 0 Å². The van der Waals surface area contributed by atoms with E-state index >= 15 is 0 Å². The van der Waals surface area contributed by atoms with Crippen LogP contribution in [0.4, 0.5) is 0 Å². The number of allylic oxidation sites excluding steroid dienone is 1. The van der Waals surface area contributed by atoms with Crippen LogP contribution in [0.3, 0.4) is 0 Å². The van der Waals surface area contributed by atoms with Gasteiger partial charge < -0.3 is 5.11 Å². The monoisotopic (exact) mass is 372 g/mol. The molecule has 0 radical (unpaired) electrons. The molecule has 6 unspecified atom stereocenters. The van der Waals surface area contributed by atoms with Crippen LogP contribution in [0, 0.1) is 40.4 Å². The number of rotatable bonds is 5. The summed E-state index contributed by atoms with van der Waals surface area (Å²) in [5.74, 6) is 4.67. The van der Waals surface area contributed by atoms with E-state index in [-0.39, 0.29) is 6.10 Å². The van der Waals surface area contributed by atoms with Gasteiger partial charge in [0, 0.05) is 0 Å². The Balaban J connectivity index is 1.47. The zero-order valence-corrected chi connectivity index (χ0v) is 18.5. The summed E-state index contributed by atoms with van der Waals surface area (Å²) in [5.41, 5.74) is 2.64. The molecule has 0 aromatic carbocycles. The zero-order valence-electron chi connectivity index (χ0n) is 18.5. The Kier molecular flexibility index (Phi) is 5.56. The molecule has 4 aliphatic carbocycles. The molecular weight excluding hydrogens is 328 g/mol. The normalized spacial score (nSPS) is 47.6. The molecule has 3 saturated carbocycles. The van der Waals surface area contributed by atoms with E-state index in [4.69, 9.17) is 0 Å². The van der Waals surface area contributed by atoms with E-state index < -0.39 is 0 Å². The molecule has 1 nitrogen and oxygen atoms in total. The number of fused-ring (bicyclic) bond motifs is 5. The topological polar surface area (TPSA) is 20.2 Å². The van der Waals surface area contributed by atoms with Crippen LogP contribution in [-0.4, -0.2) is 11.2 Å². The molecular formula is C26H44O. The quantitative estimate of drug-likeness (QED) is 0.508. The lowest BCUT2D eigenvalue weighted by Crippen LogP contribution is -2.50. The Labute approximate surface area is 168 Å². The molecule has 0 aliphatic heterocycles. The second-order valence-electron chi connectivity index (χ2n) is 11.4. The van der Waals surface area contributed by atoms with Crippen molar-refractivity contribution in [3.63, 3.8) is 0 Å². The van der Waals surface area contributed by atoms with Gasteiger partial charge in [-0.1, -0.05) is 58.6 Å². The Morgan fingerprint density at radius 3 is 2.70 bits per heavy atom. The van der Waals surface area contributed by atoms with Crippen LogP contribution in [-0.2, 0) is 0 Å². The Bertz CT molecular complexity index is 565. The van der Waals surface area contributed by atoms with Crippen molar-refractivity contribution >= 4 is 0 Å². The maximum Gasteiger partial charge on any atom is 0.0577 e. The number of aliphatic hydroxyl groups excluding tert-OH is 1. The summed E-state index contributed by atoms with van der Waals surface area (Å²) in [6.45, 7) is 10.0. The summed E-state index contributed by atoms with van der Waals surface area (Å²) in [6.07, 6.45) is 18.7. The molecule has 27 heavy (non-hydrogen) atoms. The van der Waals surface area contributed by atoms with Gasteiger partial charge in [0.2, 0.25) is 0 Å². The predicted octanol–water partition coefficient (Wildman–Crippen LogP) is 7.14. The summed E-state index contributed by atoms with van der Waals surface area (Å²) < 4.78 is 0. The first-order valence-corrected chi connectivity index (χ1v) is 12.3. The van der Waals surface area contributed by atoms with E-state index in [2.05, 4.69) is 33.8 Å². The second kappa shape index (κ2) is 7.51. The minimum Gasteiger partial charge on any atom is -0.393 e. The molecule has 0 bridgehead atoms. The van der Waals surface area contributed by atoms with E-state index in [1.165, 1.54) is 64.2 Å². The Morgan fingerprint density at radius 2 is 1.93 bits per heavy atom. The average Bonchev–Trinajstić information content (AvgIpc) is 2.99. The first-order chi connectivity index (χ1) is 12.9. The van der Waals surface area contributed by atoms with Crippen LogP contribution in [0.1, 0.15) is 105 Å². The van der Waals surface area contributed by atoms with E-state index in [0.29, 0.717) is 10.8 Å². The summed E-state index contributed by atoms with van der Waals surface area (Å²) in [4.78, 5) is 0. The van der Waals surface area contributed by atoms with E-state index in [9.17, 15) is 5.11 Å². The van der Waals surface area contributed by atoms with Crippen molar-refractivity contribution in [2.45, 2.75) is 111 Å². The lowest BCUT2D eigenvalue weighted by molar-refractivity contribution is -0.0509. The number of hydrogen-bond acceptors (Lipinski definition) is 1. The van der Waals surface area contributed by atoms with Crippen molar-refractivity contribution < 1.29 is 5.11 Å². The molecule has 0 heterocycles. The summed E-state index contributed by atoms with van der Waals surface area (Å²) in [5, 5.41) is 10.2. The van der Waals surface area contributed by atoms with Crippen molar-refractivity contribution in [1.29, 1.82) is 0 Å². The van der Waals surface area contributed by atoms with E-state index in [1.54, 1.807) is 5.57 Å². The SMILES string of the molecule is CC[C@H](C)CCCC1CCC2[C@@H]3CC=C4CC(O)CCC4(C)C3CCC12C. The molecule has 154 valence electrons.